The van der Waals surface area contributed by atoms with Gasteiger partial charge in [-0.25, -0.2) is 9.78 Å². The van der Waals surface area contributed by atoms with Crippen LogP contribution in [0.2, 0.25) is 0 Å². The molecule has 0 saturated carbocycles. The summed E-state index contributed by atoms with van der Waals surface area (Å²) in [5, 5.41) is 0. The first-order chi connectivity index (χ1) is 4.41. The topological polar surface area (TPSA) is 51.0 Å². The van der Waals surface area contributed by atoms with Crippen LogP contribution in [0, 0.1) is 0 Å². The Morgan fingerprint density at radius 3 is 1.78 bits per heavy atom. The second-order valence-electron chi connectivity index (χ2n) is 0.693. The van der Waals surface area contributed by atoms with Gasteiger partial charge in [0.1, 0.15) is 0 Å². The van der Waals surface area contributed by atoms with Gasteiger partial charge in [0.05, 0.1) is 14.2 Å². The minimum atomic E-state index is 0.754. The van der Waals surface area contributed by atoms with Crippen molar-refractivity contribution < 1.29 is 18.4 Å². The van der Waals surface area contributed by atoms with E-state index in [1.165, 1.54) is 14.2 Å². The molecule has 0 aromatic rings. The Hall–Kier alpha value is 0.500. The summed E-state index contributed by atoms with van der Waals surface area (Å²) in [6, 6.07) is 0. The van der Waals surface area contributed by atoms with E-state index in [-0.39, 0.29) is 0 Å². The van der Waals surface area contributed by atoms with E-state index in [9.17, 15) is 0 Å². The highest BCUT2D eigenvalue weighted by Gasteiger charge is 1.71. The van der Waals surface area contributed by atoms with Crippen molar-refractivity contribution in [2.75, 3.05) is 14.2 Å². The van der Waals surface area contributed by atoms with Crippen LogP contribution in [-0.4, -0.2) is 14.2 Å². The van der Waals surface area contributed by atoms with Crippen molar-refractivity contribution in [2.24, 2.45) is 0 Å². The molecule has 0 aliphatic heterocycles. The molecule has 56 valence electrons. The van der Waals surface area contributed by atoms with Gasteiger partial charge in [-0.1, -0.05) is 24.5 Å². The molecule has 0 rings (SSSR count). The van der Waals surface area contributed by atoms with E-state index >= 15 is 0 Å². The lowest BCUT2D eigenvalue weighted by molar-refractivity contribution is -0.161. The summed E-state index contributed by atoms with van der Waals surface area (Å²) in [5.41, 5.74) is 0. The van der Waals surface area contributed by atoms with Crippen LogP contribution < -0.4 is 0 Å². The first-order valence-electron chi connectivity index (χ1n) is 1.85. The minimum Gasteiger partial charge on any atom is -0.495 e. The number of hydrogen-bond donors (Lipinski definition) is 0. The van der Waals surface area contributed by atoms with Gasteiger partial charge >= 0.3 is 0 Å². The molecule has 0 aliphatic carbocycles. The van der Waals surface area contributed by atoms with Crippen molar-refractivity contribution in [3.8, 4) is 0 Å². The molecule has 0 amide bonds. The predicted molar refractivity (Wildman–Crippen MR) is 34.7 cm³/mol. The quantitative estimate of drug-likeness (QED) is 0.199. The molecule has 0 aromatic heterocycles. The molecule has 7 heteroatoms. The summed E-state index contributed by atoms with van der Waals surface area (Å²) in [7, 11) is 2.76. The molecule has 5 nitrogen and oxygen atoms in total. The molecule has 0 aliphatic rings. The molecule has 0 atom stereocenters. The maximum absolute atomic E-state index is 4.27. The minimum absolute atomic E-state index is 0.754. The third-order valence-electron chi connectivity index (χ3n) is 0.258. The van der Waals surface area contributed by atoms with Crippen molar-refractivity contribution in [2.45, 2.75) is 0 Å². The molecule has 9 heavy (non-hydrogen) atoms. The highest BCUT2D eigenvalue weighted by Crippen LogP contribution is 2.24. The Bertz CT molecular complexity index is 49.8. The van der Waals surface area contributed by atoms with Crippen molar-refractivity contribution in [1.82, 2.24) is 0 Å². The normalized spacial score (nSPS) is 10.0. The Morgan fingerprint density at radius 2 is 1.44 bits per heavy atom. The third-order valence-corrected chi connectivity index (χ3v) is 1.14. The van der Waals surface area contributed by atoms with Crippen LogP contribution in [0.25, 0.3) is 4.13 Å². The Morgan fingerprint density at radius 1 is 1.00 bits per heavy atom. The summed E-state index contributed by atoms with van der Waals surface area (Å²) < 4.78 is 12.0. The number of hydrogen-bond acceptors (Lipinski definition) is 6. The lowest BCUT2D eigenvalue weighted by atomic mass is 11.8. The van der Waals surface area contributed by atoms with Gasteiger partial charge < -0.3 is 4.13 Å². The Balaban J connectivity index is 2.60. The van der Waals surface area contributed by atoms with Gasteiger partial charge in [0.25, 0.3) is 0 Å². The van der Waals surface area contributed by atoms with Crippen LogP contribution in [0.1, 0.15) is 0 Å². The number of nitrogens with zero attached hydrogens (tertiary/aromatic N) is 1. The molecule has 0 saturated heterocycles. The SMILES string of the molecule is COOS[N-]SOOC. The van der Waals surface area contributed by atoms with Crippen molar-refractivity contribution in [3.63, 3.8) is 0 Å². The fraction of sp³-hybridized carbons (Fsp3) is 1.00. The van der Waals surface area contributed by atoms with E-state index in [1.54, 1.807) is 0 Å². The maximum Gasteiger partial charge on any atom is 0.0724 e. The molecule has 0 radical (unpaired) electrons. The first-order valence-corrected chi connectivity index (χ1v) is 3.25. The second kappa shape index (κ2) is 8.50. The molecule has 0 N–H and O–H groups in total. The van der Waals surface area contributed by atoms with Gasteiger partial charge in [-0.2, -0.15) is 8.67 Å². The highest BCUT2D eigenvalue weighted by molar-refractivity contribution is 8.15. The van der Waals surface area contributed by atoms with E-state index in [0.717, 1.165) is 24.5 Å². The number of rotatable bonds is 6. The molecule has 0 heterocycles. The Labute approximate surface area is 61.9 Å². The van der Waals surface area contributed by atoms with E-state index in [4.69, 9.17) is 0 Å². The maximum atomic E-state index is 4.27. The summed E-state index contributed by atoms with van der Waals surface area (Å²) >= 11 is 1.51. The molecular formula is C2H6NO4S2-. The average molecular weight is 172 g/mol. The first kappa shape index (κ1) is 9.50. The molecule has 0 unspecified atom stereocenters. The molecule has 0 aromatic carbocycles. The lowest BCUT2D eigenvalue weighted by Gasteiger charge is -2.12. The summed E-state index contributed by atoms with van der Waals surface area (Å²) in [5.74, 6) is 0. The third kappa shape index (κ3) is 8.50. The van der Waals surface area contributed by atoms with Crippen LogP contribution >= 0.6 is 24.5 Å². The fourth-order valence-electron chi connectivity index (χ4n) is 0.0981. The van der Waals surface area contributed by atoms with E-state index in [2.05, 4.69) is 22.6 Å². The molecule has 0 bridgehead atoms. The van der Waals surface area contributed by atoms with Crippen molar-refractivity contribution in [1.29, 1.82) is 0 Å². The van der Waals surface area contributed by atoms with Crippen molar-refractivity contribution >= 4 is 24.5 Å². The van der Waals surface area contributed by atoms with E-state index in [0.29, 0.717) is 0 Å². The van der Waals surface area contributed by atoms with Crippen LogP contribution in [-0.2, 0) is 18.4 Å². The monoisotopic (exact) mass is 172 g/mol. The molecule has 0 spiro atoms. The summed E-state index contributed by atoms with van der Waals surface area (Å²) in [4.78, 5) is 8.36. The van der Waals surface area contributed by atoms with Gasteiger partial charge in [-0.05, 0) is 0 Å². The van der Waals surface area contributed by atoms with Gasteiger partial charge in [0.15, 0.2) is 0 Å². The predicted octanol–water partition coefficient (Wildman–Crippen LogP) is 1.64. The fourth-order valence-corrected chi connectivity index (χ4v) is 0.518. The summed E-state index contributed by atoms with van der Waals surface area (Å²) in [6.45, 7) is 0. The zero-order valence-electron chi connectivity index (χ0n) is 4.90. The largest absolute Gasteiger partial charge is 0.495 e. The van der Waals surface area contributed by atoms with E-state index < -0.39 is 0 Å². The van der Waals surface area contributed by atoms with Crippen LogP contribution in [0.4, 0.5) is 0 Å². The van der Waals surface area contributed by atoms with Crippen LogP contribution in [0.15, 0.2) is 0 Å². The zero-order valence-corrected chi connectivity index (χ0v) is 6.53. The van der Waals surface area contributed by atoms with Gasteiger partial charge in [-0.15, -0.1) is 0 Å². The van der Waals surface area contributed by atoms with Crippen LogP contribution in [0.3, 0.4) is 0 Å². The summed E-state index contributed by atoms with van der Waals surface area (Å²) in [6.07, 6.45) is 0. The second-order valence-corrected chi connectivity index (χ2v) is 1.86. The highest BCUT2D eigenvalue weighted by atomic mass is 32.2. The smallest absolute Gasteiger partial charge is 0.0724 e. The Kier molecular flexibility index (Phi) is 8.97. The van der Waals surface area contributed by atoms with Crippen molar-refractivity contribution in [3.05, 3.63) is 4.13 Å². The standard InChI is InChI=1S/C2H6NO4S2/c1-4-6-8-3-9-7-5-2/h1-2H3/q-1. The van der Waals surface area contributed by atoms with Gasteiger partial charge in [-0.3, -0.25) is 0 Å². The lowest BCUT2D eigenvalue weighted by Crippen LogP contribution is -1.75. The van der Waals surface area contributed by atoms with Gasteiger partial charge in [0, 0.05) is 0 Å². The van der Waals surface area contributed by atoms with Gasteiger partial charge in [0.2, 0.25) is 0 Å². The van der Waals surface area contributed by atoms with E-state index in [1.807, 2.05) is 0 Å². The van der Waals surface area contributed by atoms with Crippen LogP contribution in [0.5, 0.6) is 0 Å². The molecule has 0 fully saturated rings. The average Bonchev–Trinajstić information content (AvgIpc) is 1.89. The zero-order chi connectivity index (χ0) is 6.95. The molecular weight excluding hydrogens is 166 g/mol.